The number of pyridine rings is 1. The zero-order chi connectivity index (χ0) is 25.7. The van der Waals surface area contributed by atoms with Gasteiger partial charge in [-0.2, -0.15) is 0 Å². The van der Waals surface area contributed by atoms with Crippen LogP contribution >= 0.6 is 11.3 Å². The van der Waals surface area contributed by atoms with Crippen LogP contribution in [0.2, 0.25) is 18.1 Å². The van der Waals surface area contributed by atoms with Gasteiger partial charge in [0.05, 0.1) is 22.9 Å². The van der Waals surface area contributed by atoms with E-state index in [1.807, 2.05) is 13.8 Å². The first-order valence-electron chi connectivity index (χ1n) is 11.8. The molecule has 1 aliphatic rings. The molecule has 1 amide bonds. The number of aromatic nitrogens is 3. The maximum absolute atomic E-state index is 13.4. The molecule has 4 heterocycles. The van der Waals surface area contributed by atoms with Crippen molar-refractivity contribution in [3.05, 3.63) is 53.2 Å². The van der Waals surface area contributed by atoms with Crippen LogP contribution in [0.3, 0.4) is 0 Å². The Morgan fingerprint density at radius 3 is 2.57 bits per heavy atom. The highest BCUT2D eigenvalue weighted by Gasteiger charge is 2.50. The third-order valence-electron chi connectivity index (χ3n) is 7.34. The Kier molecular flexibility index (Phi) is 6.58. The standard InChI is InChI=1S/C25H32N4O4SSi/c1-14(19-18(23(32)28-19)15(2)33-35(6,7)25(3,4)5)21(30)17-12-29-13-27-20(24(29)34-17)22(31)16-9-8-10-26-11-16/h8-15,18-19H,1-7H3,(H,28,32)/t14-,15-,18+,19-/m1/s1. The number of fused-ring (bicyclic) bond motifs is 1. The monoisotopic (exact) mass is 512 g/mol. The van der Waals surface area contributed by atoms with Crippen LogP contribution in [-0.4, -0.2) is 52.3 Å². The molecule has 1 N–H and O–H groups in total. The predicted octanol–water partition coefficient (Wildman–Crippen LogP) is 4.37. The molecular formula is C25H32N4O4SSi. The van der Waals surface area contributed by atoms with Gasteiger partial charge in [0.25, 0.3) is 0 Å². The number of hydrogen-bond donors (Lipinski definition) is 1. The molecule has 4 rings (SSSR count). The molecule has 1 aliphatic heterocycles. The number of hydrogen-bond acceptors (Lipinski definition) is 7. The zero-order valence-electron chi connectivity index (χ0n) is 21.2. The number of ketones is 2. The van der Waals surface area contributed by atoms with Crippen molar-refractivity contribution in [1.82, 2.24) is 19.7 Å². The van der Waals surface area contributed by atoms with E-state index in [4.69, 9.17) is 4.43 Å². The second-order valence-corrected chi connectivity index (χ2v) is 16.6. The molecule has 186 valence electrons. The van der Waals surface area contributed by atoms with E-state index in [-0.39, 0.29) is 40.6 Å². The lowest BCUT2D eigenvalue weighted by Crippen LogP contribution is -2.66. The number of amides is 1. The highest BCUT2D eigenvalue weighted by molar-refractivity contribution is 7.19. The van der Waals surface area contributed by atoms with E-state index in [0.717, 1.165) is 0 Å². The Labute approximate surface area is 210 Å². The number of rotatable bonds is 8. The third-order valence-corrected chi connectivity index (χ3v) is 13.0. The van der Waals surface area contributed by atoms with Gasteiger partial charge in [0, 0.05) is 30.1 Å². The predicted molar refractivity (Wildman–Crippen MR) is 137 cm³/mol. The van der Waals surface area contributed by atoms with Gasteiger partial charge >= 0.3 is 0 Å². The first-order valence-corrected chi connectivity index (χ1v) is 15.5. The fourth-order valence-electron chi connectivity index (χ4n) is 4.16. The van der Waals surface area contributed by atoms with Crippen molar-refractivity contribution in [2.24, 2.45) is 11.8 Å². The van der Waals surface area contributed by atoms with E-state index in [9.17, 15) is 14.4 Å². The van der Waals surface area contributed by atoms with Crippen LogP contribution < -0.4 is 5.32 Å². The van der Waals surface area contributed by atoms with E-state index < -0.39 is 14.2 Å². The summed E-state index contributed by atoms with van der Waals surface area (Å²) in [5.74, 6) is -1.20. The lowest BCUT2D eigenvalue weighted by Gasteiger charge is -2.46. The van der Waals surface area contributed by atoms with Gasteiger partial charge in [0.2, 0.25) is 11.7 Å². The lowest BCUT2D eigenvalue weighted by atomic mass is 9.77. The van der Waals surface area contributed by atoms with Gasteiger partial charge in [-0.3, -0.25) is 23.8 Å². The second-order valence-electron chi connectivity index (χ2n) is 10.8. The topological polar surface area (TPSA) is 103 Å². The van der Waals surface area contributed by atoms with Gasteiger partial charge in [0.1, 0.15) is 16.9 Å². The fourth-order valence-corrected chi connectivity index (χ4v) is 6.70. The number of nitrogens with zero attached hydrogens (tertiary/aromatic N) is 3. The molecule has 0 aliphatic carbocycles. The van der Waals surface area contributed by atoms with Crippen molar-refractivity contribution >= 4 is 42.0 Å². The number of Topliss-reactive ketones (excluding diaryl/α,β-unsaturated/α-hetero) is 1. The minimum atomic E-state index is -2.07. The molecule has 0 aromatic carbocycles. The van der Waals surface area contributed by atoms with E-state index in [2.05, 4.69) is 49.1 Å². The molecule has 8 nitrogen and oxygen atoms in total. The number of carbonyl (C=O) groups is 3. The number of nitrogens with one attached hydrogen (secondary N) is 1. The molecule has 1 fully saturated rings. The first kappa shape index (κ1) is 25.4. The fraction of sp³-hybridized carbons (Fsp3) is 0.480. The van der Waals surface area contributed by atoms with Crippen LogP contribution in [-0.2, 0) is 9.22 Å². The van der Waals surface area contributed by atoms with Crippen molar-refractivity contribution in [1.29, 1.82) is 0 Å². The summed E-state index contributed by atoms with van der Waals surface area (Å²) >= 11 is 1.24. The van der Waals surface area contributed by atoms with E-state index >= 15 is 0 Å². The van der Waals surface area contributed by atoms with Gasteiger partial charge in [-0.05, 0) is 37.2 Å². The molecule has 0 radical (unpaired) electrons. The Morgan fingerprint density at radius 1 is 1.26 bits per heavy atom. The van der Waals surface area contributed by atoms with Gasteiger partial charge in [-0.15, -0.1) is 11.3 Å². The minimum absolute atomic E-state index is 0.0240. The zero-order valence-corrected chi connectivity index (χ0v) is 23.0. The summed E-state index contributed by atoms with van der Waals surface area (Å²) < 4.78 is 8.18. The molecule has 0 bridgehead atoms. The van der Waals surface area contributed by atoms with Crippen LogP contribution in [0.5, 0.6) is 0 Å². The summed E-state index contributed by atoms with van der Waals surface area (Å²) in [6.07, 6.45) is 6.07. The molecule has 0 unspecified atom stereocenters. The number of imidazole rings is 1. The quantitative estimate of drug-likeness (QED) is 0.273. The highest BCUT2D eigenvalue weighted by atomic mass is 32.1. The van der Waals surface area contributed by atoms with Crippen molar-refractivity contribution in [3.63, 3.8) is 0 Å². The molecular weight excluding hydrogens is 480 g/mol. The maximum atomic E-state index is 13.4. The first-order chi connectivity index (χ1) is 16.3. The average Bonchev–Trinajstić information content (AvgIpc) is 3.36. The van der Waals surface area contributed by atoms with Crippen LogP contribution in [0.25, 0.3) is 4.83 Å². The lowest BCUT2D eigenvalue weighted by molar-refractivity contribution is -0.141. The van der Waals surface area contributed by atoms with Crippen molar-refractivity contribution < 1.29 is 18.8 Å². The molecule has 4 atom stereocenters. The SMILES string of the molecule is C[C@@H](O[Si](C)(C)C(C)(C)C)[C@@H]1C(=O)N[C@@H]1[C@@H](C)C(=O)c1cn2cnc(C(=O)c3cccnc3)c2s1. The molecule has 10 heteroatoms. The summed E-state index contributed by atoms with van der Waals surface area (Å²) in [6, 6.07) is 3.09. The van der Waals surface area contributed by atoms with Crippen LogP contribution in [0.4, 0.5) is 0 Å². The Hall–Kier alpha value is -2.69. The van der Waals surface area contributed by atoms with E-state index in [0.29, 0.717) is 21.0 Å². The van der Waals surface area contributed by atoms with E-state index in [1.165, 1.54) is 17.5 Å². The Balaban J connectivity index is 1.52. The molecule has 3 aromatic rings. The summed E-state index contributed by atoms with van der Waals surface area (Å²) in [5.41, 5.74) is 0.736. The Morgan fingerprint density at radius 2 is 1.97 bits per heavy atom. The largest absolute Gasteiger partial charge is 0.413 e. The smallest absolute Gasteiger partial charge is 0.228 e. The summed E-state index contributed by atoms with van der Waals surface area (Å²) in [4.78, 5) is 48.2. The maximum Gasteiger partial charge on any atom is 0.228 e. The second kappa shape index (κ2) is 9.07. The molecule has 0 saturated carbocycles. The van der Waals surface area contributed by atoms with Gasteiger partial charge < -0.3 is 9.74 Å². The van der Waals surface area contributed by atoms with Gasteiger partial charge in [-0.1, -0.05) is 27.7 Å². The van der Waals surface area contributed by atoms with Crippen LogP contribution in [0.15, 0.2) is 37.1 Å². The van der Waals surface area contributed by atoms with Gasteiger partial charge in [0.15, 0.2) is 14.1 Å². The molecule has 1 saturated heterocycles. The average molecular weight is 513 g/mol. The highest BCUT2D eigenvalue weighted by Crippen LogP contribution is 2.40. The van der Waals surface area contributed by atoms with Crippen molar-refractivity contribution in [2.45, 2.75) is 64.9 Å². The third kappa shape index (κ3) is 4.62. The van der Waals surface area contributed by atoms with E-state index in [1.54, 1.807) is 35.3 Å². The molecule has 3 aromatic heterocycles. The summed E-state index contributed by atoms with van der Waals surface area (Å²) in [7, 11) is -2.07. The normalized spacial score (nSPS) is 20.3. The van der Waals surface area contributed by atoms with Gasteiger partial charge in [-0.25, -0.2) is 4.98 Å². The number of thiazole rings is 1. The van der Waals surface area contributed by atoms with Crippen LogP contribution in [0, 0.1) is 11.8 Å². The molecule has 0 spiro atoms. The Bertz CT molecular complexity index is 1280. The van der Waals surface area contributed by atoms with Crippen LogP contribution in [0.1, 0.15) is 60.3 Å². The van der Waals surface area contributed by atoms with Crippen molar-refractivity contribution in [3.8, 4) is 0 Å². The van der Waals surface area contributed by atoms with Crippen molar-refractivity contribution in [2.75, 3.05) is 0 Å². The summed E-state index contributed by atoms with van der Waals surface area (Å²) in [6.45, 7) is 14.6. The number of β-lactam (4-membered cyclic amide) rings is 1. The number of carbonyl (C=O) groups excluding carboxylic acids is 3. The summed E-state index contributed by atoms with van der Waals surface area (Å²) in [5, 5.41) is 2.95. The molecule has 35 heavy (non-hydrogen) atoms. The minimum Gasteiger partial charge on any atom is -0.413 e.